The Morgan fingerprint density at radius 1 is 1.29 bits per heavy atom. The van der Waals surface area contributed by atoms with Crippen LogP contribution >= 0.6 is 0 Å². The summed E-state index contributed by atoms with van der Waals surface area (Å²) in [5, 5.41) is 3.46. The Balaban J connectivity index is 1.95. The molecule has 0 bridgehead atoms. The summed E-state index contributed by atoms with van der Waals surface area (Å²) < 4.78 is 5.62. The molecule has 114 valence electrons. The quantitative estimate of drug-likeness (QED) is 0.848. The predicted octanol–water partition coefficient (Wildman–Crippen LogP) is 3.37. The molecular formula is C17H25N3O. The Kier molecular flexibility index (Phi) is 5.39. The van der Waals surface area contributed by atoms with Gasteiger partial charge in [-0.05, 0) is 49.2 Å². The minimum atomic E-state index is 0.663. The van der Waals surface area contributed by atoms with Gasteiger partial charge >= 0.3 is 0 Å². The second kappa shape index (κ2) is 7.27. The van der Waals surface area contributed by atoms with Crippen molar-refractivity contribution in [3.05, 3.63) is 47.5 Å². The van der Waals surface area contributed by atoms with Crippen molar-refractivity contribution in [1.82, 2.24) is 10.3 Å². The van der Waals surface area contributed by atoms with Crippen LogP contribution in [0.5, 0.6) is 0 Å². The number of hydrogen-bond acceptors (Lipinski definition) is 4. The van der Waals surface area contributed by atoms with Crippen molar-refractivity contribution >= 4 is 5.82 Å². The van der Waals surface area contributed by atoms with Crippen LogP contribution in [0.2, 0.25) is 0 Å². The summed E-state index contributed by atoms with van der Waals surface area (Å²) in [5.41, 5.74) is 1.25. The van der Waals surface area contributed by atoms with Crippen molar-refractivity contribution in [2.45, 2.75) is 33.9 Å². The minimum Gasteiger partial charge on any atom is -0.464 e. The summed E-state index contributed by atoms with van der Waals surface area (Å²) in [6.07, 6.45) is 1.87. The zero-order valence-electron chi connectivity index (χ0n) is 13.4. The van der Waals surface area contributed by atoms with E-state index >= 15 is 0 Å². The normalized spacial score (nSPS) is 11.1. The van der Waals surface area contributed by atoms with E-state index in [-0.39, 0.29) is 0 Å². The van der Waals surface area contributed by atoms with E-state index in [1.807, 2.05) is 32.3 Å². The number of aryl methyl sites for hydroxylation is 1. The molecule has 0 radical (unpaired) electrons. The highest BCUT2D eigenvalue weighted by Gasteiger charge is 2.07. The van der Waals surface area contributed by atoms with E-state index in [1.54, 1.807) is 0 Å². The first kappa shape index (κ1) is 15.6. The van der Waals surface area contributed by atoms with Crippen molar-refractivity contribution in [2.75, 3.05) is 18.5 Å². The van der Waals surface area contributed by atoms with Gasteiger partial charge in [-0.1, -0.05) is 13.8 Å². The van der Waals surface area contributed by atoms with Crippen LogP contribution in [0.25, 0.3) is 0 Å². The van der Waals surface area contributed by atoms with Gasteiger partial charge in [0.15, 0.2) is 0 Å². The molecule has 0 amide bonds. The Labute approximate surface area is 127 Å². The number of aromatic nitrogens is 1. The molecule has 4 nitrogen and oxygen atoms in total. The van der Waals surface area contributed by atoms with Crippen molar-refractivity contribution in [2.24, 2.45) is 5.92 Å². The summed E-state index contributed by atoms with van der Waals surface area (Å²) in [5.74, 6) is 3.53. The first-order valence-corrected chi connectivity index (χ1v) is 7.46. The Morgan fingerprint density at radius 2 is 2.10 bits per heavy atom. The van der Waals surface area contributed by atoms with Crippen LogP contribution < -0.4 is 10.2 Å². The van der Waals surface area contributed by atoms with Gasteiger partial charge in [0.2, 0.25) is 0 Å². The number of anilines is 1. The SMILES string of the molecule is Cc1ccc(CN(C)c2cc(CNCC(C)C)ccn2)o1. The molecule has 2 aromatic heterocycles. The number of nitrogens with one attached hydrogen (secondary N) is 1. The Morgan fingerprint density at radius 3 is 2.76 bits per heavy atom. The highest BCUT2D eigenvalue weighted by atomic mass is 16.3. The van der Waals surface area contributed by atoms with Gasteiger partial charge in [0, 0.05) is 19.8 Å². The number of nitrogens with zero attached hydrogens (tertiary/aromatic N) is 2. The van der Waals surface area contributed by atoms with E-state index in [1.165, 1.54) is 5.56 Å². The maximum atomic E-state index is 5.62. The third-order valence-corrected chi connectivity index (χ3v) is 3.27. The number of hydrogen-bond donors (Lipinski definition) is 1. The van der Waals surface area contributed by atoms with Crippen LogP contribution in [0.1, 0.15) is 30.9 Å². The monoisotopic (exact) mass is 287 g/mol. The highest BCUT2D eigenvalue weighted by Crippen LogP contribution is 2.15. The molecule has 21 heavy (non-hydrogen) atoms. The lowest BCUT2D eigenvalue weighted by molar-refractivity contribution is 0.481. The van der Waals surface area contributed by atoms with Crippen LogP contribution in [-0.4, -0.2) is 18.6 Å². The molecule has 0 aliphatic rings. The molecule has 2 aromatic rings. The Hall–Kier alpha value is -1.81. The van der Waals surface area contributed by atoms with E-state index in [0.29, 0.717) is 5.92 Å². The van der Waals surface area contributed by atoms with Gasteiger partial charge in [-0.2, -0.15) is 0 Å². The highest BCUT2D eigenvalue weighted by molar-refractivity contribution is 5.40. The summed E-state index contributed by atoms with van der Waals surface area (Å²) in [6.45, 7) is 9.02. The second-order valence-corrected chi connectivity index (χ2v) is 5.92. The van der Waals surface area contributed by atoms with Crippen molar-refractivity contribution < 1.29 is 4.42 Å². The molecule has 0 fully saturated rings. The summed E-state index contributed by atoms with van der Waals surface area (Å²) >= 11 is 0. The van der Waals surface area contributed by atoms with Gasteiger partial charge in [0.25, 0.3) is 0 Å². The molecule has 2 rings (SSSR count). The molecule has 0 saturated carbocycles. The van der Waals surface area contributed by atoms with Crippen LogP contribution in [0.3, 0.4) is 0 Å². The van der Waals surface area contributed by atoms with Gasteiger partial charge < -0.3 is 14.6 Å². The maximum absolute atomic E-state index is 5.62. The zero-order chi connectivity index (χ0) is 15.2. The standard InChI is InChI=1S/C17H25N3O/c1-13(2)10-18-11-15-7-8-19-17(9-15)20(4)12-16-6-5-14(3)21-16/h5-9,13,18H,10-12H2,1-4H3. The molecule has 2 heterocycles. The largest absolute Gasteiger partial charge is 0.464 e. The van der Waals surface area contributed by atoms with Gasteiger partial charge in [0.05, 0.1) is 6.54 Å². The smallest absolute Gasteiger partial charge is 0.128 e. The molecule has 1 N–H and O–H groups in total. The van der Waals surface area contributed by atoms with Crippen molar-refractivity contribution in [3.8, 4) is 0 Å². The zero-order valence-corrected chi connectivity index (χ0v) is 13.4. The van der Waals surface area contributed by atoms with Gasteiger partial charge in [-0.3, -0.25) is 0 Å². The fourth-order valence-corrected chi connectivity index (χ4v) is 2.17. The molecular weight excluding hydrogens is 262 g/mol. The average molecular weight is 287 g/mol. The summed E-state index contributed by atoms with van der Waals surface area (Å²) in [4.78, 5) is 6.54. The second-order valence-electron chi connectivity index (χ2n) is 5.92. The maximum Gasteiger partial charge on any atom is 0.128 e. The summed E-state index contributed by atoms with van der Waals surface area (Å²) in [7, 11) is 2.03. The molecule has 4 heteroatoms. The van der Waals surface area contributed by atoms with Gasteiger partial charge in [-0.25, -0.2) is 4.98 Å². The van der Waals surface area contributed by atoms with E-state index < -0.39 is 0 Å². The topological polar surface area (TPSA) is 41.3 Å². The van der Waals surface area contributed by atoms with E-state index in [9.17, 15) is 0 Å². The predicted molar refractivity (Wildman–Crippen MR) is 86.3 cm³/mol. The van der Waals surface area contributed by atoms with Crippen molar-refractivity contribution in [1.29, 1.82) is 0 Å². The van der Waals surface area contributed by atoms with Crippen LogP contribution in [0.15, 0.2) is 34.9 Å². The van der Waals surface area contributed by atoms with E-state index in [4.69, 9.17) is 4.42 Å². The lowest BCUT2D eigenvalue weighted by Gasteiger charge is -2.17. The lowest BCUT2D eigenvalue weighted by Crippen LogP contribution is -2.20. The Bertz CT molecular complexity index is 563. The molecule has 0 aromatic carbocycles. The molecule has 0 aliphatic carbocycles. The number of furan rings is 1. The number of pyridine rings is 1. The molecule has 0 spiro atoms. The first-order valence-electron chi connectivity index (χ1n) is 7.46. The third kappa shape index (κ3) is 4.90. The third-order valence-electron chi connectivity index (χ3n) is 3.27. The summed E-state index contributed by atoms with van der Waals surface area (Å²) in [6, 6.07) is 8.19. The van der Waals surface area contributed by atoms with Crippen LogP contribution in [0, 0.1) is 12.8 Å². The molecule has 0 atom stereocenters. The fraction of sp³-hybridized carbons (Fsp3) is 0.471. The van der Waals surface area contributed by atoms with Crippen LogP contribution in [-0.2, 0) is 13.1 Å². The van der Waals surface area contributed by atoms with Crippen LogP contribution in [0.4, 0.5) is 5.82 Å². The molecule has 0 aliphatic heterocycles. The van der Waals surface area contributed by atoms with Crippen molar-refractivity contribution in [3.63, 3.8) is 0 Å². The van der Waals surface area contributed by atoms with Gasteiger partial charge in [-0.15, -0.1) is 0 Å². The van der Waals surface area contributed by atoms with E-state index in [0.717, 1.165) is 37.0 Å². The average Bonchev–Trinajstić information content (AvgIpc) is 2.84. The minimum absolute atomic E-state index is 0.663. The fourth-order valence-electron chi connectivity index (χ4n) is 2.17. The van der Waals surface area contributed by atoms with Gasteiger partial charge in [0.1, 0.15) is 17.3 Å². The molecule has 0 unspecified atom stereocenters. The number of rotatable bonds is 7. The van der Waals surface area contributed by atoms with E-state index in [2.05, 4.69) is 41.2 Å². The lowest BCUT2D eigenvalue weighted by atomic mass is 10.2. The first-order chi connectivity index (χ1) is 10.0. The molecule has 0 saturated heterocycles.